The van der Waals surface area contributed by atoms with E-state index in [-0.39, 0.29) is 25.8 Å². The number of hydrogen-bond acceptors (Lipinski definition) is 5. The lowest BCUT2D eigenvalue weighted by Gasteiger charge is -2.19. The molecule has 0 saturated carbocycles. The Morgan fingerprint density at radius 2 is 1.52 bits per heavy atom. The fourth-order valence-electron chi connectivity index (χ4n) is 2.14. The van der Waals surface area contributed by atoms with Crippen molar-refractivity contribution < 1.29 is 33.4 Å². The maximum atomic E-state index is 12.6. The Morgan fingerprint density at radius 3 is 1.96 bits per heavy atom. The summed E-state index contributed by atoms with van der Waals surface area (Å²) in [4.78, 5) is 22.1. The van der Waals surface area contributed by atoms with Gasteiger partial charge in [-0.15, -0.1) is 0 Å². The molecule has 0 radical (unpaired) electrons. The second-order valence-electron chi connectivity index (χ2n) is 4.81. The van der Waals surface area contributed by atoms with Crippen LogP contribution in [0.15, 0.2) is 24.3 Å². The van der Waals surface area contributed by atoms with Crippen LogP contribution in [0, 0.1) is 5.92 Å². The lowest BCUT2D eigenvalue weighted by molar-refractivity contribution is -0.154. The van der Waals surface area contributed by atoms with E-state index in [1.165, 1.54) is 0 Å². The summed E-state index contributed by atoms with van der Waals surface area (Å²) >= 11 is 0. The number of aliphatic carboxylic acids is 2. The summed E-state index contributed by atoms with van der Waals surface area (Å²) in [6.07, 6.45) is -0.226. The van der Waals surface area contributed by atoms with Crippen molar-refractivity contribution in [3.63, 3.8) is 0 Å². The lowest BCUT2D eigenvalue weighted by Crippen LogP contribution is -2.26. The summed E-state index contributed by atoms with van der Waals surface area (Å²) in [5.74, 6) is -4.38. The first-order valence-electron chi connectivity index (χ1n) is 7.23. The predicted octanol–water partition coefficient (Wildman–Crippen LogP) is 2.78. The molecule has 0 aliphatic carbocycles. The molecule has 0 aliphatic rings. The monoisotopic (exact) mass is 344 g/mol. The second-order valence-corrected chi connectivity index (χ2v) is 6.86. The smallest absolute Gasteiger partial charge is 0.335 e. The molecule has 0 amide bonds. The van der Waals surface area contributed by atoms with Gasteiger partial charge in [-0.2, -0.15) is 0 Å². The topological polar surface area (TPSA) is 110 Å². The SMILES string of the molecule is CCOP(=O)(Cc1ccccc1CC(C(=O)O)C(=O)O)OCC. The molecule has 0 atom stereocenters. The highest BCUT2D eigenvalue weighted by atomic mass is 31.2. The van der Waals surface area contributed by atoms with E-state index in [0.717, 1.165) is 0 Å². The van der Waals surface area contributed by atoms with Crippen molar-refractivity contribution in [1.29, 1.82) is 0 Å². The van der Waals surface area contributed by atoms with Crippen LogP contribution in [0.25, 0.3) is 0 Å². The number of carboxylic acids is 2. The maximum absolute atomic E-state index is 12.6. The van der Waals surface area contributed by atoms with Gasteiger partial charge >= 0.3 is 19.5 Å². The van der Waals surface area contributed by atoms with Gasteiger partial charge in [0.2, 0.25) is 0 Å². The van der Waals surface area contributed by atoms with E-state index >= 15 is 0 Å². The lowest BCUT2D eigenvalue weighted by atomic mass is 9.96. The van der Waals surface area contributed by atoms with Crippen LogP contribution in [0.2, 0.25) is 0 Å². The van der Waals surface area contributed by atoms with Gasteiger partial charge in [0.1, 0.15) is 0 Å². The Morgan fingerprint density at radius 1 is 1.04 bits per heavy atom. The molecule has 0 saturated heterocycles. The Labute approximate surface area is 134 Å². The van der Waals surface area contributed by atoms with Crippen LogP contribution >= 0.6 is 7.60 Å². The third-order valence-corrected chi connectivity index (χ3v) is 5.19. The molecule has 128 valence electrons. The van der Waals surface area contributed by atoms with Gasteiger partial charge < -0.3 is 19.3 Å². The van der Waals surface area contributed by atoms with Crippen LogP contribution in [0.4, 0.5) is 0 Å². The van der Waals surface area contributed by atoms with E-state index in [9.17, 15) is 14.2 Å². The zero-order valence-electron chi connectivity index (χ0n) is 13.1. The molecule has 23 heavy (non-hydrogen) atoms. The van der Waals surface area contributed by atoms with E-state index in [2.05, 4.69) is 0 Å². The molecule has 0 heterocycles. The summed E-state index contributed by atoms with van der Waals surface area (Å²) in [5, 5.41) is 18.0. The molecule has 0 aliphatic heterocycles. The molecule has 0 fully saturated rings. The van der Waals surface area contributed by atoms with E-state index < -0.39 is 25.5 Å². The van der Waals surface area contributed by atoms with Gasteiger partial charge in [-0.05, 0) is 31.4 Å². The molecule has 1 aromatic carbocycles. The molecular weight excluding hydrogens is 323 g/mol. The Balaban J connectivity index is 3.07. The minimum Gasteiger partial charge on any atom is -0.481 e. The van der Waals surface area contributed by atoms with Crippen LogP contribution in [-0.2, 0) is 35.8 Å². The van der Waals surface area contributed by atoms with Crippen molar-refractivity contribution >= 4 is 19.5 Å². The molecular formula is C15H21O7P. The molecule has 0 aromatic heterocycles. The third kappa shape index (κ3) is 5.78. The van der Waals surface area contributed by atoms with Crippen LogP contribution in [0.5, 0.6) is 0 Å². The van der Waals surface area contributed by atoms with Crippen molar-refractivity contribution in [1.82, 2.24) is 0 Å². The standard InChI is InChI=1S/C15H21O7P/c1-3-21-23(20,22-4-2)10-12-8-6-5-7-11(12)9-13(14(16)17)15(18)19/h5-8,13H,3-4,9-10H2,1-2H3,(H,16,17)(H,18,19). The van der Waals surface area contributed by atoms with Crippen molar-refractivity contribution in [3.05, 3.63) is 35.4 Å². The number of rotatable bonds is 10. The van der Waals surface area contributed by atoms with Crippen molar-refractivity contribution in [3.8, 4) is 0 Å². The minimum absolute atomic E-state index is 0.0309. The summed E-state index contributed by atoms with van der Waals surface area (Å²) in [7, 11) is -3.35. The van der Waals surface area contributed by atoms with E-state index in [4.69, 9.17) is 19.3 Å². The first-order chi connectivity index (χ1) is 10.8. The second kappa shape index (κ2) is 8.82. The van der Waals surface area contributed by atoms with Crippen molar-refractivity contribution in [2.75, 3.05) is 13.2 Å². The molecule has 0 spiro atoms. The highest BCUT2D eigenvalue weighted by molar-refractivity contribution is 7.53. The zero-order chi connectivity index (χ0) is 17.5. The van der Waals surface area contributed by atoms with Gasteiger partial charge in [0.25, 0.3) is 0 Å². The summed E-state index contributed by atoms with van der Waals surface area (Å²) in [6.45, 7) is 3.82. The molecule has 1 rings (SSSR count). The van der Waals surface area contributed by atoms with E-state index in [0.29, 0.717) is 11.1 Å². The first kappa shape index (κ1) is 19.4. The average molecular weight is 344 g/mol. The van der Waals surface area contributed by atoms with E-state index in [1.807, 2.05) is 0 Å². The Hall–Kier alpha value is -1.69. The van der Waals surface area contributed by atoms with Crippen molar-refractivity contribution in [2.24, 2.45) is 5.92 Å². The normalized spacial score (nSPS) is 11.6. The number of carbonyl (C=O) groups is 2. The van der Waals surface area contributed by atoms with E-state index in [1.54, 1.807) is 38.1 Å². The Kier molecular flexibility index (Phi) is 7.42. The third-order valence-electron chi connectivity index (χ3n) is 3.15. The first-order valence-corrected chi connectivity index (χ1v) is 8.96. The summed E-state index contributed by atoms with van der Waals surface area (Å²) < 4.78 is 23.1. The number of hydrogen-bond donors (Lipinski definition) is 2. The van der Waals surface area contributed by atoms with Gasteiger partial charge in [0.15, 0.2) is 5.92 Å². The fraction of sp³-hybridized carbons (Fsp3) is 0.467. The molecule has 0 bridgehead atoms. The molecule has 1 aromatic rings. The molecule has 7 nitrogen and oxygen atoms in total. The highest BCUT2D eigenvalue weighted by Gasteiger charge is 2.29. The van der Waals surface area contributed by atoms with Gasteiger partial charge in [-0.3, -0.25) is 14.2 Å². The largest absolute Gasteiger partial charge is 0.481 e. The number of benzene rings is 1. The zero-order valence-corrected chi connectivity index (χ0v) is 14.0. The van der Waals surface area contributed by atoms with Gasteiger partial charge in [-0.1, -0.05) is 24.3 Å². The minimum atomic E-state index is -3.35. The quantitative estimate of drug-likeness (QED) is 0.496. The number of carboxylic acid groups (broad SMARTS) is 2. The van der Waals surface area contributed by atoms with Gasteiger partial charge in [0.05, 0.1) is 19.4 Å². The van der Waals surface area contributed by atoms with Gasteiger partial charge in [0, 0.05) is 0 Å². The van der Waals surface area contributed by atoms with Crippen LogP contribution in [0.1, 0.15) is 25.0 Å². The van der Waals surface area contributed by atoms with Gasteiger partial charge in [-0.25, -0.2) is 0 Å². The fourth-order valence-corrected chi connectivity index (χ4v) is 3.91. The van der Waals surface area contributed by atoms with Crippen LogP contribution in [0.3, 0.4) is 0 Å². The molecule has 0 unspecified atom stereocenters. The van der Waals surface area contributed by atoms with Crippen LogP contribution in [-0.4, -0.2) is 35.4 Å². The highest BCUT2D eigenvalue weighted by Crippen LogP contribution is 2.51. The molecule has 2 N–H and O–H groups in total. The van der Waals surface area contributed by atoms with Crippen molar-refractivity contribution in [2.45, 2.75) is 26.4 Å². The summed E-state index contributed by atoms with van der Waals surface area (Å²) in [6, 6.07) is 6.67. The molecule has 8 heteroatoms. The maximum Gasteiger partial charge on any atom is 0.335 e. The predicted molar refractivity (Wildman–Crippen MR) is 83.5 cm³/mol. The van der Waals surface area contributed by atoms with Crippen LogP contribution < -0.4 is 0 Å². The Bertz CT molecular complexity index is 575. The average Bonchev–Trinajstić information content (AvgIpc) is 2.45. The summed E-state index contributed by atoms with van der Waals surface area (Å²) in [5.41, 5.74) is 1.06.